The Balaban J connectivity index is 2.32. The third-order valence-corrected chi connectivity index (χ3v) is 5.75. The lowest BCUT2D eigenvalue weighted by molar-refractivity contribution is 0.0947. The maximum atomic E-state index is 12.8. The van der Waals surface area contributed by atoms with Crippen molar-refractivity contribution in [3.8, 4) is 0 Å². The molecule has 7 nitrogen and oxygen atoms in total. The van der Waals surface area contributed by atoms with Crippen LogP contribution in [0.25, 0.3) is 0 Å². The Labute approximate surface area is 133 Å². The van der Waals surface area contributed by atoms with Gasteiger partial charge >= 0.3 is 0 Å². The van der Waals surface area contributed by atoms with Crippen molar-refractivity contribution < 1.29 is 13.2 Å². The molecule has 1 fully saturated rings. The second-order valence-corrected chi connectivity index (χ2v) is 7.56. The molecule has 21 heavy (non-hydrogen) atoms. The number of nitrogens with one attached hydrogen (secondary N) is 1. The van der Waals surface area contributed by atoms with E-state index in [2.05, 4.69) is 26.3 Å². The molecule has 0 amide bonds. The van der Waals surface area contributed by atoms with Gasteiger partial charge in [-0.3, -0.25) is 0 Å². The molecule has 9 heteroatoms. The summed E-state index contributed by atoms with van der Waals surface area (Å²) in [7, 11) is -3.69. The molecular weight excluding hydrogens is 360 g/mol. The van der Waals surface area contributed by atoms with E-state index >= 15 is 0 Å². The van der Waals surface area contributed by atoms with Crippen LogP contribution in [0.3, 0.4) is 0 Å². The Kier molecular flexibility index (Phi) is 5.55. The molecule has 1 atom stereocenters. The van der Waals surface area contributed by atoms with Gasteiger partial charge in [-0.1, -0.05) is 6.92 Å². The van der Waals surface area contributed by atoms with E-state index in [4.69, 9.17) is 10.6 Å². The molecule has 1 aliphatic heterocycles. The summed E-state index contributed by atoms with van der Waals surface area (Å²) in [6.07, 6.45) is 3.29. The van der Waals surface area contributed by atoms with Gasteiger partial charge in [0.05, 0.1) is 6.10 Å². The number of ether oxygens (including phenoxy) is 1. The molecule has 1 unspecified atom stereocenters. The highest BCUT2D eigenvalue weighted by atomic mass is 79.9. The zero-order valence-corrected chi connectivity index (χ0v) is 14.2. The number of halogens is 1. The van der Waals surface area contributed by atoms with Crippen molar-refractivity contribution >= 4 is 31.8 Å². The molecule has 0 saturated carbocycles. The zero-order chi connectivity index (χ0) is 15.5. The molecule has 0 aromatic carbocycles. The molecule has 1 aromatic heterocycles. The highest BCUT2D eigenvalue weighted by molar-refractivity contribution is 9.10. The molecule has 3 N–H and O–H groups in total. The summed E-state index contributed by atoms with van der Waals surface area (Å²) in [4.78, 5) is 4.05. The van der Waals surface area contributed by atoms with Gasteiger partial charge < -0.3 is 10.2 Å². The molecule has 1 aliphatic rings. The molecule has 1 aromatic rings. The summed E-state index contributed by atoms with van der Waals surface area (Å²) < 4.78 is 33.1. The average Bonchev–Trinajstić information content (AvgIpc) is 2.97. The number of nitrogens with two attached hydrogens (primary N) is 1. The Bertz CT molecular complexity index is 590. The lowest BCUT2D eigenvalue weighted by Crippen LogP contribution is -2.37. The average molecular weight is 379 g/mol. The predicted octanol–water partition coefficient (Wildman–Crippen LogP) is 1.32. The summed E-state index contributed by atoms with van der Waals surface area (Å²) in [5.74, 6) is 5.50. The van der Waals surface area contributed by atoms with Crippen molar-refractivity contribution in [2.24, 2.45) is 5.84 Å². The summed E-state index contributed by atoms with van der Waals surface area (Å²) in [6.45, 7) is 3.19. The summed E-state index contributed by atoms with van der Waals surface area (Å²) >= 11 is 3.24. The number of hydrazine groups is 1. The third kappa shape index (κ3) is 3.72. The van der Waals surface area contributed by atoms with Gasteiger partial charge in [-0.2, -0.15) is 4.31 Å². The molecule has 2 heterocycles. The first kappa shape index (κ1) is 16.6. The van der Waals surface area contributed by atoms with Crippen LogP contribution in [0.5, 0.6) is 0 Å². The predicted molar refractivity (Wildman–Crippen MR) is 83.2 cm³/mol. The minimum absolute atomic E-state index is 0.0471. The first-order chi connectivity index (χ1) is 9.98. The van der Waals surface area contributed by atoms with Crippen molar-refractivity contribution in [3.05, 3.63) is 16.7 Å². The second kappa shape index (κ2) is 7.01. The number of rotatable bonds is 6. The van der Waals surface area contributed by atoms with Crippen LogP contribution in [0.4, 0.5) is 5.82 Å². The number of sulfonamides is 1. The topological polar surface area (TPSA) is 97.5 Å². The van der Waals surface area contributed by atoms with Gasteiger partial charge in [0.1, 0.15) is 4.90 Å². The van der Waals surface area contributed by atoms with Crippen molar-refractivity contribution in [1.82, 2.24) is 9.29 Å². The first-order valence-corrected chi connectivity index (χ1v) is 8.96. The number of likely N-dealkylation sites (N-methyl/N-ethyl adjacent to an activating group) is 1. The molecule has 0 spiro atoms. The van der Waals surface area contributed by atoms with Gasteiger partial charge in [0, 0.05) is 30.4 Å². The van der Waals surface area contributed by atoms with Crippen LogP contribution in [-0.4, -0.2) is 43.5 Å². The maximum absolute atomic E-state index is 12.8. The van der Waals surface area contributed by atoms with Gasteiger partial charge in [-0.05, 0) is 34.8 Å². The van der Waals surface area contributed by atoms with E-state index in [9.17, 15) is 8.42 Å². The zero-order valence-electron chi connectivity index (χ0n) is 11.8. The minimum Gasteiger partial charge on any atom is -0.377 e. The highest BCUT2D eigenvalue weighted by Crippen LogP contribution is 2.26. The van der Waals surface area contributed by atoms with Crippen LogP contribution in [-0.2, 0) is 14.8 Å². The minimum atomic E-state index is -3.69. The van der Waals surface area contributed by atoms with Gasteiger partial charge in [-0.15, -0.1) is 0 Å². The molecule has 2 rings (SSSR count). The summed E-state index contributed by atoms with van der Waals surface area (Å²) in [5.41, 5.74) is 2.33. The van der Waals surface area contributed by atoms with Crippen LogP contribution in [0.15, 0.2) is 21.6 Å². The fraction of sp³-hybridized carbons (Fsp3) is 0.583. The molecule has 0 bridgehead atoms. The van der Waals surface area contributed by atoms with Crippen molar-refractivity contribution in [2.75, 3.05) is 25.1 Å². The standard InChI is InChI=1S/C12H19BrN4O3S/c1-2-17(8-10-4-3-5-20-10)21(18,19)11-6-9(13)7-15-12(11)16-14/h6-7,10H,2-5,8,14H2,1H3,(H,15,16). The number of nitrogen functional groups attached to an aromatic ring is 1. The second-order valence-electron chi connectivity index (χ2n) is 4.74. The number of anilines is 1. The maximum Gasteiger partial charge on any atom is 0.246 e. The van der Waals surface area contributed by atoms with E-state index in [-0.39, 0.29) is 16.8 Å². The Hall–Kier alpha value is -0.740. The quantitative estimate of drug-likeness (QED) is 0.572. The van der Waals surface area contributed by atoms with Gasteiger partial charge in [0.2, 0.25) is 10.0 Å². The number of hydrogen-bond acceptors (Lipinski definition) is 6. The molecule has 0 aliphatic carbocycles. The van der Waals surface area contributed by atoms with Crippen LogP contribution in [0, 0.1) is 0 Å². The Morgan fingerprint density at radius 3 is 2.95 bits per heavy atom. The summed E-state index contributed by atoms with van der Waals surface area (Å²) in [5, 5.41) is 0. The van der Waals surface area contributed by atoms with E-state index in [1.54, 1.807) is 6.92 Å². The van der Waals surface area contributed by atoms with Crippen LogP contribution >= 0.6 is 15.9 Å². The van der Waals surface area contributed by atoms with E-state index in [0.717, 1.165) is 12.8 Å². The van der Waals surface area contributed by atoms with Gasteiger partial charge in [0.15, 0.2) is 5.82 Å². The Morgan fingerprint density at radius 2 is 2.38 bits per heavy atom. The van der Waals surface area contributed by atoms with Crippen molar-refractivity contribution in [2.45, 2.75) is 30.8 Å². The molecule has 118 valence electrons. The van der Waals surface area contributed by atoms with Gasteiger partial charge in [0.25, 0.3) is 0 Å². The SMILES string of the molecule is CCN(CC1CCCO1)S(=O)(=O)c1cc(Br)cnc1NN. The first-order valence-electron chi connectivity index (χ1n) is 6.73. The lowest BCUT2D eigenvalue weighted by Gasteiger charge is -2.24. The third-order valence-electron chi connectivity index (χ3n) is 3.36. The smallest absolute Gasteiger partial charge is 0.246 e. The largest absolute Gasteiger partial charge is 0.377 e. The monoisotopic (exact) mass is 378 g/mol. The number of pyridine rings is 1. The fourth-order valence-corrected chi connectivity index (χ4v) is 4.37. The van der Waals surface area contributed by atoms with Crippen LogP contribution in [0.2, 0.25) is 0 Å². The molecule has 0 radical (unpaired) electrons. The number of nitrogens with zero attached hydrogens (tertiary/aromatic N) is 2. The van der Waals surface area contributed by atoms with Crippen molar-refractivity contribution in [3.63, 3.8) is 0 Å². The lowest BCUT2D eigenvalue weighted by atomic mass is 10.2. The number of aromatic nitrogens is 1. The summed E-state index contributed by atoms with van der Waals surface area (Å²) in [6, 6.07) is 1.50. The molecular formula is C12H19BrN4O3S. The van der Waals surface area contributed by atoms with E-state index in [1.807, 2.05) is 0 Å². The highest BCUT2D eigenvalue weighted by Gasteiger charge is 2.30. The van der Waals surface area contributed by atoms with Crippen LogP contribution in [0.1, 0.15) is 19.8 Å². The van der Waals surface area contributed by atoms with E-state index in [0.29, 0.717) is 24.2 Å². The number of hydrogen-bond donors (Lipinski definition) is 2. The van der Waals surface area contributed by atoms with Crippen LogP contribution < -0.4 is 11.3 Å². The van der Waals surface area contributed by atoms with Gasteiger partial charge in [-0.25, -0.2) is 19.2 Å². The Morgan fingerprint density at radius 1 is 1.62 bits per heavy atom. The fourth-order valence-electron chi connectivity index (χ4n) is 2.28. The van der Waals surface area contributed by atoms with Crippen molar-refractivity contribution in [1.29, 1.82) is 0 Å². The normalized spacial score (nSPS) is 19.1. The van der Waals surface area contributed by atoms with E-state index < -0.39 is 10.0 Å². The van der Waals surface area contributed by atoms with E-state index in [1.165, 1.54) is 16.6 Å². The molecule has 1 saturated heterocycles.